The van der Waals surface area contributed by atoms with E-state index in [1.165, 1.54) is 42.3 Å². The highest BCUT2D eigenvalue weighted by Crippen LogP contribution is 2.31. The summed E-state index contributed by atoms with van der Waals surface area (Å²) in [6.45, 7) is 3.10. The lowest BCUT2D eigenvalue weighted by Crippen LogP contribution is -2.32. The zero-order valence-electron chi connectivity index (χ0n) is 12.6. The minimum Gasteiger partial charge on any atom is -0.317 e. The number of aryl methyl sites for hydroxylation is 1. The molecule has 108 valence electrons. The first-order chi connectivity index (χ1) is 9.81. The predicted molar refractivity (Wildman–Crippen MR) is 83.9 cm³/mol. The third kappa shape index (κ3) is 2.59. The van der Waals surface area contributed by atoms with E-state index in [9.17, 15) is 0 Å². The molecule has 1 atom stereocenters. The Morgan fingerprint density at radius 3 is 2.80 bits per heavy atom. The Kier molecular flexibility index (Phi) is 4.06. The van der Waals surface area contributed by atoms with E-state index in [0.717, 1.165) is 18.9 Å². The number of benzene rings is 1. The fourth-order valence-electron chi connectivity index (χ4n) is 3.26. The van der Waals surface area contributed by atoms with Crippen LogP contribution in [-0.4, -0.2) is 22.9 Å². The summed E-state index contributed by atoms with van der Waals surface area (Å²) < 4.78 is 2.13. The minimum absolute atomic E-state index is 0.559. The molecule has 0 aliphatic heterocycles. The standard InChI is InChI=1S/C17H25N3/c1-3-20-17-10-5-4-9-15(17)16(19-20)12-14(18-2)11-13-7-6-8-13/h4-5,9-10,13-14,18H,3,6-8,11-12H2,1-2H3. The van der Waals surface area contributed by atoms with Crippen LogP contribution >= 0.6 is 0 Å². The molecule has 3 rings (SSSR count). The first-order valence-electron chi connectivity index (χ1n) is 7.93. The van der Waals surface area contributed by atoms with Gasteiger partial charge in [-0.2, -0.15) is 5.10 Å². The summed E-state index contributed by atoms with van der Waals surface area (Å²) >= 11 is 0. The molecule has 0 amide bonds. The van der Waals surface area contributed by atoms with Crippen LogP contribution in [0.3, 0.4) is 0 Å². The normalized spacial score (nSPS) is 17.3. The number of hydrogen-bond donors (Lipinski definition) is 1. The molecule has 3 heteroatoms. The molecule has 3 nitrogen and oxygen atoms in total. The summed E-state index contributed by atoms with van der Waals surface area (Å²) in [4.78, 5) is 0. The lowest BCUT2D eigenvalue weighted by Gasteiger charge is -2.29. The van der Waals surface area contributed by atoms with Gasteiger partial charge in [-0.15, -0.1) is 0 Å². The van der Waals surface area contributed by atoms with Gasteiger partial charge in [0, 0.05) is 24.4 Å². The van der Waals surface area contributed by atoms with Crippen LogP contribution < -0.4 is 5.32 Å². The Labute approximate surface area is 121 Å². The van der Waals surface area contributed by atoms with Crippen molar-refractivity contribution >= 4 is 10.9 Å². The average molecular weight is 271 g/mol. The van der Waals surface area contributed by atoms with Gasteiger partial charge in [0.15, 0.2) is 0 Å². The van der Waals surface area contributed by atoms with Crippen LogP contribution in [0, 0.1) is 5.92 Å². The van der Waals surface area contributed by atoms with E-state index in [1.54, 1.807) is 0 Å². The summed E-state index contributed by atoms with van der Waals surface area (Å²) in [7, 11) is 2.09. The quantitative estimate of drug-likeness (QED) is 0.873. The molecule has 0 saturated heterocycles. The van der Waals surface area contributed by atoms with E-state index in [-0.39, 0.29) is 0 Å². The lowest BCUT2D eigenvalue weighted by molar-refractivity contribution is 0.263. The van der Waals surface area contributed by atoms with Crippen molar-refractivity contribution in [3.8, 4) is 0 Å². The highest BCUT2D eigenvalue weighted by Gasteiger charge is 2.22. The largest absolute Gasteiger partial charge is 0.317 e. The van der Waals surface area contributed by atoms with Gasteiger partial charge in [0.25, 0.3) is 0 Å². The van der Waals surface area contributed by atoms with Gasteiger partial charge in [0.2, 0.25) is 0 Å². The van der Waals surface area contributed by atoms with Gasteiger partial charge in [-0.1, -0.05) is 37.5 Å². The maximum Gasteiger partial charge on any atom is 0.0718 e. The molecule has 0 radical (unpaired) electrons. The fraction of sp³-hybridized carbons (Fsp3) is 0.588. The van der Waals surface area contributed by atoms with Crippen molar-refractivity contribution in [2.75, 3.05) is 7.05 Å². The number of hydrogen-bond acceptors (Lipinski definition) is 2. The molecule has 1 unspecified atom stereocenters. The Balaban J connectivity index is 1.81. The molecule has 1 aromatic heterocycles. The van der Waals surface area contributed by atoms with Crippen LogP contribution in [0.1, 0.15) is 38.3 Å². The first-order valence-corrected chi connectivity index (χ1v) is 7.93. The van der Waals surface area contributed by atoms with Crippen molar-refractivity contribution in [3.63, 3.8) is 0 Å². The minimum atomic E-state index is 0.559. The van der Waals surface area contributed by atoms with Crippen LogP contribution in [0.2, 0.25) is 0 Å². The molecule has 1 heterocycles. The van der Waals surface area contributed by atoms with E-state index in [4.69, 9.17) is 5.10 Å². The SMILES string of the molecule is CCn1nc(CC(CC2CCC2)NC)c2ccccc21. The molecule has 20 heavy (non-hydrogen) atoms. The molecule has 0 spiro atoms. The van der Waals surface area contributed by atoms with Gasteiger partial charge in [-0.25, -0.2) is 0 Å². The third-order valence-electron chi connectivity index (χ3n) is 4.72. The number of fused-ring (bicyclic) bond motifs is 1. The van der Waals surface area contributed by atoms with Crippen molar-refractivity contribution in [2.45, 2.75) is 51.6 Å². The number of para-hydroxylation sites is 1. The molecular weight excluding hydrogens is 246 g/mol. The number of nitrogens with zero attached hydrogens (tertiary/aromatic N) is 2. The second-order valence-electron chi connectivity index (χ2n) is 6.00. The summed E-state index contributed by atoms with van der Waals surface area (Å²) in [6.07, 6.45) is 6.60. The molecule has 1 aliphatic rings. The number of likely N-dealkylation sites (N-methyl/N-ethyl adjacent to an activating group) is 1. The molecule has 1 fully saturated rings. The van der Waals surface area contributed by atoms with E-state index in [0.29, 0.717) is 6.04 Å². The number of nitrogens with one attached hydrogen (secondary N) is 1. The van der Waals surface area contributed by atoms with Crippen molar-refractivity contribution in [1.29, 1.82) is 0 Å². The zero-order chi connectivity index (χ0) is 13.9. The van der Waals surface area contributed by atoms with Gasteiger partial charge in [0.05, 0.1) is 11.2 Å². The van der Waals surface area contributed by atoms with Crippen molar-refractivity contribution < 1.29 is 0 Å². The van der Waals surface area contributed by atoms with E-state index in [2.05, 4.69) is 48.2 Å². The summed E-state index contributed by atoms with van der Waals surface area (Å²) in [5.74, 6) is 0.937. The van der Waals surface area contributed by atoms with Crippen molar-refractivity contribution in [1.82, 2.24) is 15.1 Å². The fourth-order valence-corrected chi connectivity index (χ4v) is 3.26. The molecule has 2 aromatic rings. The molecule has 1 saturated carbocycles. The van der Waals surface area contributed by atoms with Crippen LogP contribution in [0.4, 0.5) is 0 Å². The van der Waals surface area contributed by atoms with Gasteiger partial charge in [-0.05, 0) is 32.4 Å². The second kappa shape index (κ2) is 5.96. The van der Waals surface area contributed by atoms with Crippen molar-refractivity contribution in [2.24, 2.45) is 5.92 Å². The first kappa shape index (κ1) is 13.6. The third-order valence-corrected chi connectivity index (χ3v) is 4.72. The molecule has 1 aliphatic carbocycles. The Hall–Kier alpha value is -1.35. The summed E-state index contributed by atoms with van der Waals surface area (Å²) in [6, 6.07) is 9.16. The second-order valence-corrected chi connectivity index (χ2v) is 6.00. The molecular formula is C17H25N3. The highest BCUT2D eigenvalue weighted by atomic mass is 15.3. The smallest absolute Gasteiger partial charge is 0.0718 e. The summed E-state index contributed by atoms with van der Waals surface area (Å²) in [5, 5.41) is 9.64. The van der Waals surface area contributed by atoms with Gasteiger partial charge in [0.1, 0.15) is 0 Å². The molecule has 0 bridgehead atoms. The predicted octanol–water partition coefficient (Wildman–Crippen LogP) is 3.38. The Bertz CT molecular complexity index is 569. The van der Waals surface area contributed by atoms with Gasteiger partial charge < -0.3 is 5.32 Å². The topological polar surface area (TPSA) is 29.9 Å². The van der Waals surface area contributed by atoms with E-state index >= 15 is 0 Å². The van der Waals surface area contributed by atoms with Gasteiger partial charge >= 0.3 is 0 Å². The number of aromatic nitrogens is 2. The molecule has 1 aromatic carbocycles. The van der Waals surface area contributed by atoms with Crippen LogP contribution in [0.5, 0.6) is 0 Å². The van der Waals surface area contributed by atoms with E-state index < -0.39 is 0 Å². The van der Waals surface area contributed by atoms with Crippen LogP contribution in [-0.2, 0) is 13.0 Å². The summed E-state index contributed by atoms with van der Waals surface area (Å²) in [5.41, 5.74) is 2.52. The zero-order valence-corrected chi connectivity index (χ0v) is 12.6. The Morgan fingerprint density at radius 2 is 2.15 bits per heavy atom. The van der Waals surface area contributed by atoms with Gasteiger partial charge in [-0.3, -0.25) is 4.68 Å². The molecule has 1 N–H and O–H groups in total. The monoisotopic (exact) mass is 271 g/mol. The highest BCUT2D eigenvalue weighted by molar-refractivity contribution is 5.82. The lowest BCUT2D eigenvalue weighted by atomic mass is 9.80. The van der Waals surface area contributed by atoms with Crippen molar-refractivity contribution in [3.05, 3.63) is 30.0 Å². The van der Waals surface area contributed by atoms with Crippen LogP contribution in [0.15, 0.2) is 24.3 Å². The number of rotatable bonds is 6. The maximum atomic E-state index is 4.82. The average Bonchev–Trinajstić information content (AvgIpc) is 2.79. The Morgan fingerprint density at radius 1 is 1.35 bits per heavy atom. The van der Waals surface area contributed by atoms with Crippen LogP contribution in [0.25, 0.3) is 10.9 Å². The maximum absolute atomic E-state index is 4.82. The van der Waals surface area contributed by atoms with E-state index in [1.807, 2.05) is 0 Å².